The van der Waals surface area contributed by atoms with Crippen molar-refractivity contribution in [3.05, 3.63) is 42.0 Å². The van der Waals surface area contributed by atoms with Crippen LogP contribution in [0.5, 0.6) is 0 Å². The highest BCUT2D eigenvalue weighted by atomic mass is 19.1. The second-order valence-corrected chi connectivity index (χ2v) is 3.59. The van der Waals surface area contributed by atoms with Crippen molar-refractivity contribution < 1.29 is 9.18 Å². The van der Waals surface area contributed by atoms with E-state index in [9.17, 15) is 9.18 Å². The summed E-state index contributed by atoms with van der Waals surface area (Å²) in [5.74, 6) is -0.906. The van der Waals surface area contributed by atoms with Crippen molar-refractivity contribution in [2.45, 2.75) is 0 Å². The van der Waals surface area contributed by atoms with Gasteiger partial charge < -0.3 is 11.1 Å². The molecule has 0 aliphatic rings. The lowest BCUT2D eigenvalue weighted by atomic mass is 10.2. The van der Waals surface area contributed by atoms with Gasteiger partial charge in [0, 0.05) is 18.9 Å². The van der Waals surface area contributed by atoms with Gasteiger partial charge in [0.05, 0.1) is 17.4 Å². The predicted molar refractivity (Wildman–Crippen MR) is 62.0 cm³/mol. The summed E-state index contributed by atoms with van der Waals surface area (Å²) >= 11 is 0. The molecule has 0 fully saturated rings. The molecule has 1 amide bonds. The number of aryl methyl sites for hydroxylation is 1. The standard InChI is InChI=1S/C11H11FN4O/c1-16-6-7(5-14-16)11(17)15-8-2-3-10(13)9(12)4-8/h2-6H,13H2,1H3,(H,15,17). The number of nitrogen functional groups attached to an aromatic ring is 1. The minimum atomic E-state index is -0.561. The fourth-order valence-electron chi connectivity index (χ4n) is 1.35. The van der Waals surface area contributed by atoms with Crippen LogP contribution in [0.3, 0.4) is 0 Å². The van der Waals surface area contributed by atoms with E-state index in [0.29, 0.717) is 11.3 Å². The molecule has 6 heteroatoms. The molecule has 1 aromatic carbocycles. The van der Waals surface area contributed by atoms with Gasteiger partial charge in [0.2, 0.25) is 0 Å². The number of aromatic nitrogens is 2. The zero-order valence-corrected chi connectivity index (χ0v) is 9.14. The van der Waals surface area contributed by atoms with Gasteiger partial charge in [0.25, 0.3) is 5.91 Å². The largest absolute Gasteiger partial charge is 0.396 e. The van der Waals surface area contributed by atoms with E-state index in [1.54, 1.807) is 13.2 Å². The van der Waals surface area contributed by atoms with Crippen molar-refractivity contribution in [2.24, 2.45) is 7.05 Å². The van der Waals surface area contributed by atoms with Gasteiger partial charge in [-0.05, 0) is 18.2 Å². The van der Waals surface area contributed by atoms with Crippen molar-refractivity contribution in [3.8, 4) is 0 Å². The molecule has 0 aliphatic carbocycles. The number of carbonyl (C=O) groups excluding carboxylic acids is 1. The highest BCUT2D eigenvalue weighted by molar-refractivity contribution is 6.03. The van der Waals surface area contributed by atoms with Gasteiger partial charge in [-0.25, -0.2) is 4.39 Å². The summed E-state index contributed by atoms with van der Waals surface area (Å²) in [4.78, 5) is 11.7. The van der Waals surface area contributed by atoms with Gasteiger partial charge in [0.1, 0.15) is 5.82 Å². The van der Waals surface area contributed by atoms with Gasteiger partial charge in [-0.3, -0.25) is 9.48 Å². The van der Waals surface area contributed by atoms with Crippen molar-refractivity contribution in [2.75, 3.05) is 11.1 Å². The molecule has 5 nitrogen and oxygen atoms in total. The van der Waals surface area contributed by atoms with E-state index in [2.05, 4.69) is 10.4 Å². The van der Waals surface area contributed by atoms with Gasteiger partial charge in [0.15, 0.2) is 0 Å². The first-order chi connectivity index (χ1) is 8.06. The number of nitrogens with zero attached hydrogens (tertiary/aromatic N) is 2. The summed E-state index contributed by atoms with van der Waals surface area (Å²) in [7, 11) is 1.71. The normalized spacial score (nSPS) is 10.2. The number of nitrogens with one attached hydrogen (secondary N) is 1. The van der Waals surface area contributed by atoms with Crippen LogP contribution in [-0.4, -0.2) is 15.7 Å². The van der Waals surface area contributed by atoms with E-state index in [1.165, 1.54) is 29.1 Å². The molecule has 0 radical (unpaired) electrons. The van der Waals surface area contributed by atoms with E-state index in [1.807, 2.05) is 0 Å². The number of nitrogens with two attached hydrogens (primary N) is 1. The number of amides is 1. The molecule has 17 heavy (non-hydrogen) atoms. The first-order valence-electron chi connectivity index (χ1n) is 4.91. The predicted octanol–water partition coefficient (Wildman–Crippen LogP) is 1.39. The zero-order valence-electron chi connectivity index (χ0n) is 9.14. The summed E-state index contributed by atoms with van der Waals surface area (Å²) < 4.78 is 14.7. The number of hydrogen-bond donors (Lipinski definition) is 2. The lowest BCUT2D eigenvalue weighted by Crippen LogP contribution is -2.11. The molecule has 0 saturated heterocycles. The maximum absolute atomic E-state index is 13.1. The van der Waals surface area contributed by atoms with Crippen LogP contribution in [0, 0.1) is 5.82 Å². The third kappa shape index (κ3) is 2.41. The highest BCUT2D eigenvalue weighted by Gasteiger charge is 2.09. The minimum absolute atomic E-state index is 0.0457. The molecule has 88 valence electrons. The molecule has 0 atom stereocenters. The van der Waals surface area contributed by atoms with Crippen molar-refractivity contribution in [1.29, 1.82) is 0 Å². The monoisotopic (exact) mass is 234 g/mol. The highest BCUT2D eigenvalue weighted by Crippen LogP contribution is 2.16. The Balaban J connectivity index is 2.15. The molecule has 2 aromatic rings. The molecular formula is C11H11FN4O. The van der Waals surface area contributed by atoms with Crippen LogP contribution in [0.25, 0.3) is 0 Å². The average molecular weight is 234 g/mol. The quantitative estimate of drug-likeness (QED) is 0.771. The second-order valence-electron chi connectivity index (χ2n) is 3.59. The fourth-order valence-corrected chi connectivity index (χ4v) is 1.35. The van der Waals surface area contributed by atoms with E-state index in [4.69, 9.17) is 5.73 Å². The Morgan fingerprint density at radius 3 is 2.88 bits per heavy atom. The Morgan fingerprint density at radius 2 is 2.29 bits per heavy atom. The lowest BCUT2D eigenvalue weighted by Gasteiger charge is -2.04. The van der Waals surface area contributed by atoms with Gasteiger partial charge in [-0.2, -0.15) is 5.10 Å². The van der Waals surface area contributed by atoms with Crippen LogP contribution in [0.1, 0.15) is 10.4 Å². The molecule has 0 spiro atoms. The number of halogens is 1. The smallest absolute Gasteiger partial charge is 0.258 e. The Labute approximate surface area is 97.0 Å². The number of carbonyl (C=O) groups is 1. The first-order valence-corrected chi connectivity index (χ1v) is 4.91. The Hall–Kier alpha value is -2.37. The third-order valence-corrected chi connectivity index (χ3v) is 2.23. The maximum Gasteiger partial charge on any atom is 0.258 e. The SMILES string of the molecule is Cn1cc(C(=O)Nc2ccc(N)c(F)c2)cn1. The fraction of sp³-hybridized carbons (Fsp3) is 0.0909. The van der Waals surface area contributed by atoms with Crippen LogP contribution in [-0.2, 0) is 7.05 Å². The Bertz CT molecular complexity index is 564. The zero-order chi connectivity index (χ0) is 12.4. The average Bonchev–Trinajstić information content (AvgIpc) is 2.70. The van der Waals surface area contributed by atoms with Gasteiger partial charge >= 0.3 is 0 Å². The van der Waals surface area contributed by atoms with Gasteiger partial charge in [-0.15, -0.1) is 0 Å². The summed E-state index contributed by atoms with van der Waals surface area (Å²) in [5, 5.41) is 6.42. The van der Waals surface area contributed by atoms with Crippen molar-refractivity contribution >= 4 is 17.3 Å². The van der Waals surface area contributed by atoms with E-state index < -0.39 is 5.82 Å². The van der Waals surface area contributed by atoms with E-state index in [0.717, 1.165) is 0 Å². The van der Waals surface area contributed by atoms with Gasteiger partial charge in [-0.1, -0.05) is 0 Å². The molecule has 1 aromatic heterocycles. The van der Waals surface area contributed by atoms with Crippen LogP contribution in [0.2, 0.25) is 0 Å². The number of anilines is 2. The van der Waals surface area contributed by atoms with Crippen LogP contribution >= 0.6 is 0 Å². The summed E-state index contributed by atoms with van der Waals surface area (Å²) in [5.41, 5.74) is 6.14. The summed E-state index contributed by atoms with van der Waals surface area (Å²) in [6.45, 7) is 0. The molecule has 0 saturated carbocycles. The second kappa shape index (κ2) is 4.25. The molecule has 1 heterocycles. The van der Waals surface area contributed by atoms with Crippen LogP contribution in [0.4, 0.5) is 15.8 Å². The molecule has 3 N–H and O–H groups in total. The number of benzene rings is 1. The third-order valence-electron chi connectivity index (χ3n) is 2.23. The number of hydrogen-bond acceptors (Lipinski definition) is 3. The van der Waals surface area contributed by atoms with Crippen LogP contribution < -0.4 is 11.1 Å². The topological polar surface area (TPSA) is 72.9 Å². The summed E-state index contributed by atoms with van der Waals surface area (Å²) in [6.07, 6.45) is 3.01. The van der Waals surface area contributed by atoms with E-state index >= 15 is 0 Å². The molecule has 0 bridgehead atoms. The Morgan fingerprint density at radius 1 is 1.53 bits per heavy atom. The first kappa shape index (κ1) is 11.1. The maximum atomic E-state index is 13.1. The van der Waals surface area contributed by atoms with Crippen molar-refractivity contribution in [3.63, 3.8) is 0 Å². The molecular weight excluding hydrogens is 223 g/mol. The Kier molecular flexibility index (Phi) is 2.78. The molecule has 0 unspecified atom stereocenters. The minimum Gasteiger partial charge on any atom is -0.396 e. The molecule has 2 rings (SSSR count). The lowest BCUT2D eigenvalue weighted by molar-refractivity contribution is 0.102. The van der Waals surface area contributed by atoms with Crippen LogP contribution in [0.15, 0.2) is 30.6 Å². The summed E-state index contributed by atoms with van der Waals surface area (Å²) in [6, 6.07) is 4.10. The number of rotatable bonds is 2. The van der Waals surface area contributed by atoms with E-state index in [-0.39, 0.29) is 11.6 Å². The molecule has 0 aliphatic heterocycles. The van der Waals surface area contributed by atoms with Crippen molar-refractivity contribution in [1.82, 2.24) is 9.78 Å².